The SMILES string of the molecule is CCOC1(C#N)CCCC12CCC2. The smallest absolute Gasteiger partial charge is 0.159 e. The topological polar surface area (TPSA) is 33.0 Å². The molecule has 0 heterocycles. The van der Waals surface area contributed by atoms with Gasteiger partial charge in [0, 0.05) is 12.0 Å². The fraction of sp³-hybridized carbons (Fsp3) is 0.909. The highest BCUT2D eigenvalue weighted by atomic mass is 16.5. The lowest BCUT2D eigenvalue weighted by Crippen LogP contribution is -2.49. The summed E-state index contributed by atoms with van der Waals surface area (Å²) in [5, 5.41) is 9.27. The van der Waals surface area contributed by atoms with Crippen LogP contribution in [0.2, 0.25) is 0 Å². The van der Waals surface area contributed by atoms with Gasteiger partial charge in [-0.1, -0.05) is 6.42 Å². The van der Waals surface area contributed by atoms with Crippen LogP contribution in [0.4, 0.5) is 0 Å². The fourth-order valence-corrected chi connectivity index (χ4v) is 3.08. The lowest BCUT2D eigenvalue weighted by Gasteiger charge is -2.47. The average molecular weight is 179 g/mol. The zero-order valence-electron chi connectivity index (χ0n) is 8.31. The highest BCUT2D eigenvalue weighted by Gasteiger charge is 2.59. The zero-order chi connectivity index (χ0) is 9.36. The van der Waals surface area contributed by atoms with Gasteiger partial charge in [-0.25, -0.2) is 0 Å². The van der Waals surface area contributed by atoms with Crippen LogP contribution in [0, 0.1) is 16.7 Å². The Kier molecular flexibility index (Phi) is 2.08. The van der Waals surface area contributed by atoms with Crippen molar-refractivity contribution in [1.29, 1.82) is 5.26 Å². The van der Waals surface area contributed by atoms with Crippen molar-refractivity contribution in [2.45, 2.75) is 51.0 Å². The molecule has 1 spiro atoms. The summed E-state index contributed by atoms with van der Waals surface area (Å²) in [4.78, 5) is 0. The number of nitrogens with zero attached hydrogens (tertiary/aromatic N) is 1. The summed E-state index contributed by atoms with van der Waals surface area (Å²) in [6.07, 6.45) is 7.04. The van der Waals surface area contributed by atoms with Crippen LogP contribution in [0.1, 0.15) is 45.4 Å². The summed E-state index contributed by atoms with van der Waals surface area (Å²) >= 11 is 0. The molecule has 0 aromatic heterocycles. The van der Waals surface area contributed by atoms with E-state index < -0.39 is 5.60 Å². The Hall–Kier alpha value is -0.550. The summed E-state index contributed by atoms with van der Waals surface area (Å²) in [5.74, 6) is 0. The molecular weight excluding hydrogens is 162 g/mol. The summed E-state index contributed by atoms with van der Waals surface area (Å²) in [5.41, 5.74) is -0.169. The molecule has 1 atom stereocenters. The minimum absolute atomic E-state index is 0.248. The monoisotopic (exact) mass is 179 g/mol. The van der Waals surface area contributed by atoms with E-state index in [4.69, 9.17) is 4.74 Å². The Morgan fingerprint density at radius 3 is 2.31 bits per heavy atom. The molecule has 0 radical (unpaired) electrons. The zero-order valence-corrected chi connectivity index (χ0v) is 8.31. The second-order valence-electron chi connectivity index (χ2n) is 4.36. The summed E-state index contributed by atoms with van der Waals surface area (Å²) in [6.45, 7) is 2.67. The van der Waals surface area contributed by atoms with Crippen LogP contribution in [0.15, 0.2) is 0 Å². The predicted octanol–water partition coefficient (Wildman–Crippen LogP) is 2.64. The van der Waals surface area contributed by atoms with Gasteiger partial charge in [-0.15, -0.1) is 0 Å². The van der Waals surface area contributed by atoms with Gasteiger partial charge in [0.15, 0.2) is 5.60 Å². The van der Waals surface area contributed by atoms with Gasteiger partial charge in [-0.05, 0) is 39.0 Å². The van der Waals surface area contributed by atoms with E-state index in [9.17, 15) is 5.26 Å². The first-order valence-electron chi connectivity index (χ1n) is 5.34. The normalized spacial score (nSPS) is 35.7. The van der Waals surface area contributed by atoms with Gasteiger partial charge in [0.1, 0.15) is 0 Å². The molecule has 2 saturated carbocycles. The fourth-order valence-electron chi connectivity index (χ4n) is 3.08. The second kappa shape index (κ2) is 2.99. The molecule has 0 saturated heterocycles. The van der Waals surface area contributed by atoms with E-state index in [1.165, 1.54) is 32.1 Å². The Bertz CT molecular complexity index is 239. The third kappa shape index (κ3) is 1.03. The average Bonchev–Trinajstić information content (AvgIpc) is 2.44. The molecule has 0 amide bonds. The molecular formula is C11H17NO. The van der Waals surface area contributed by atoms with Crippen molar-refractivity contribution in [3.8, 4) is 6.07 Å². The molecule has 0 aliphatic heterocycles. The first-order valence-corrected chi connectivity index (χ1v) is 5.34. The third-order valence-corrected chi connectivity index (χ3v) is 3.92. The molecule has 2 fully saturated rings. The number of hydrogen-bond donors (Lipinski definition) is 0. The molecule has 0 aromatic rings. The van der Waals surface area contributed by atoms with Crippen LogP contribution in [-0.2, 0) is 4.74 Å². The molecule has 1 unspecified atom stereocenters. The van der Waals surface area contributed by atoms with Gasteiger partial charge in [0.2, 0.25) is 0 Å². The maximum Gasteiger partial charge on any atom is 0.159 e. The first kappa shape index (κ1) is 9.02. The summed E-state index contributed by atoms with van der Waals surface area (Å²) < 4.78 is 5.74. The van der Waals surface area contributed by atoms with E-state index in [0.717, 1.165) is 6.42 Å². The van der Waals surface area contributed by atoms with Crippen LogP contribution in [-0.4, -0.2) is 12.2 Å². The summed E-state index contributed by atoms with van der Waals surface area (Å²) in [6, 6.07) is 2.45. The molecule has 72 valence electrons. The highest BCUT2D eigenvalue weighted by molar-refractivity contribution is 5.19. The Balaban J connectivity index is 2.22. The van der Waals surface area contributed by atoms with E-state index in [2.05, 4.69) is 6.07 Å². The molecule has 13 heavy (non-hydrogen) atoms. The minimum atomic E-state index is -0.417. The number of hydrogen-bond acceptors (Lipinski definition) is 2. The Labute approximate surface area is 79.9 Å². The number of nitriles is 1. The van der Waals surface area contributed by atoms with Crippen LogP contribution in [0.25, 0.3) is 0 Å². The van der Waals surface area contributed by atoms with E-state index in [1.54, 1.807) is 0 Å². The minimum Gasteiger partial charge on any atom is -0.360 e. The van der Waals surface area contributed by atoms with Crippen molar-refractivity contribution in [1.82, 2.24) is 0 Å². The van der Waals surface area contributed by atoms with Gasteiger partial charge >= 0.3 is 0 Å². The van der Waals surface area contributed by atoms with Gasteiger partial charge < -0.3 is 4.74 Å². The highest BCUT2D eigenvalue weighted by Crippen LogP contribution is 2.60. The third-order valence-electron chi connectivity index (χ3n) is 3.92. The van der Waals surface area contributed by atoms with E-state index >= 15 is 0 Å². The maximum atomic E-state index is 9.27. The van der Waals surface area contributed by atoms with Crippen LogP contribution < -0.4 is 0 Å². The molecule has 0 aromatic carbocycles. The van der Waals surface area contributed by atoms with Crippen LogP contribution >= 0.6 is 0 Å². The van der Waals surface area contributed by atoms with Gasteiger partial charge in [-0.2, -0.15) is 5.26 Å². The maximum absolute atomic E-state index is 9.27. The van der Waals surface area contributed by atoms with Crippen molar-refractivity contribution in [3.63, 3.8) is 0 Å². The summed E-state index contributed by atoms with van der Waals surface area (Å²) in [7, 11) is 0. The standard InChI is InChI=1S/C11H17NO/c1-2-13-11(9-12)8-4-7-10(11)5-3-6-10/h2-8H2,1H3. The second-order valence-corrected chi connectivity index (χ2v) is 4.36. The van der Waals surface area contributed by atoms with Gasteiger partial charge in [0.05, 0.1) is 6.07 Å². The van der Waals surface area contributed by atoms with Crippen LogP contribution in [0.3, 0.4) is 0 Å². The lowest BCUT2D eigenvalue weighted by atomic mass is 9.60. The van der Waals surface area contributed by atoms with E-state index in [1.807, 2.05) is 6.92 Å². The molecule has 2 heteroatoms. The first-order chi connectivity index (χ1) is 6.29. The predicted molar refractivity (Wildman–Crippen MR) is 50.1 cm³/mol. The van der Waals surface area contributed by atoms with Crippen LogP contribution in [0.5, 0.6) is 0 Å². The molecule has 2 nitrogen and oxygen atoms in total. The molecule has 2 aliphatic carbocycles. The molecule has 0 bridgehead atoms. The van der Waals surface area contributed by atoms with Gasteiger partial charge in [0.25, 0.3) is 0 Å². The molecule has 2 rings (SSSR count). The quantitative estimate of drug-likeness (QED) is 0.652. The lowest BCUT2D eigenvalue weighted by molar-refractivity contribution is -0.108. The van der Waals surface area contributed by atoms with Crippen molar-refractivity contribution >= 4 is 0 Å². The van der Waals surface area contributed by atoms with Crippen molar-refractivity contribution in [2.24, 2.45) is 5.41 Å². The van der Waals surface area contributed by atoms with Gasteiger partial charge in [-0.3, -0.25) is 0 Å². The van der Waals surface area contributed by atoms with E-state index in [-0.39, 0.29) is 5.41 Å². The molecule has 2 aliphatic rings. The number of ether oxygens (including phenoxy) is 1. The van der Waals surface area contributed by atoms with E-state index in [0.29, 0.717) is 6.61 Å². The van der Waals surface area contributed by atoms with Crippen molar-refractivity contribution in [2.75, 3.05) is 6.61 Å². The molecule has 0 N–H and O–H groups in total. The largest absolute Gasteiger partial charge is 0.360 e. The Morgan fingerprint density at radius 1 is 1.23 bits per heavy atom. The van der Waals surface area contributed by atoms with Crippen molar-refractivity contribution < 1.29 is 4.74 Å². The van der Waals surface area contributed by atoms with Crippen molar-refractivity contribution in [3.05, 3.63) is 0 Å². The number of rotatable bonds is 2. The Morgan fingerprint density at radius 2 is 1.85 bits per heavy atom.